The van der Waals surface area contributed by atoms with Crippen molar-refractivity contribution in [2.45, 2.75) is 11.3 Å². The summed E-state index contributed by atoms with van der Waals surface area (Å²) in [6.07, 6.45) is 0. The third-order valence-corrected chi connectivity index (χ3v) is 2.86. The molecule has 0 bridgehead atoms. The Hall–Kier alpha value is -0.130. The molecule has 0 aliphatic rings. The number of rotatable bonds is 3. The zero-order valence-electron chi connectivity index (χ0n) is 5.70. The maximum absolute atomic E-state index is 5.32. The lowest BCUT2D eigenvalue weighted by Gasteiger charge is -1.88. The molecule has 1 rings (SSSR count). The standard InChI is InChI=1S/C5H9N3S2/c1-4-7-8-5(10-4)9-3-2-6/h2-3,6H2,1H3. The molecule has 10 heavy (non-hydrogen) atoms. The average Bonchev–Trinajstić information content (AvgIpc) is 2.31. The summed E-state index contributed by atoms with van der Waals surface area (Å²) in [6.45, 7) is 2.65. The highest BCUT2D eigenvalue weighted by Gasteiger charge is 1.98. The lowest BCUT2D eigenvalue weighted by atomic mass is 10.8. The first-order chi connectivity index (χ1) is 4.83. The van der Waals surface area contributed by atoms with Gasteiger partial charge in [0.15, 0.2) is 4.34 Å². The van der Waals surface area contributed by atoms with E-state index in [-0.39, 0.29) is 0 Å². The van der Waals surface area contributed by atoms with Crippen molar-refractivity contribution in [2.24, 2.45) is 5.73 Å². The maximum Gasteiger partial charge on any atom is 0.174 e. The van der Waals surface area contributed by atoms with E-state index in [1.807, 2.05) is 6.92 Å². The van der Waals surface area contributed by atoms with Gasteiger partial charge >= 0.3 is 0 Å². The van der Waals surface area contributed by atoms with E-state index in [0.29, 0.717) is 6.54 Å². The minimum Gasteiger partial charge on any atom is -0.330 e. The smallest absolute Gasteiger partial charge is 0.174 e. The van der Waals surface area contributed by atoms with Crippen LogP contribution in [0.3, 0.4) is 0 Å². The van der Waals surface area contributed by atoms with Crippen LogP contribution in [0, 0.1) is 6.92 Å². The first-order valence-electron chi connectivity index (χ1n) is 2.96. The zero-order chi connectivity index (χ0) is 7.40. The topological polar surface area (TPSA) is 51.8 Å². The van der Waals surface area contributed by atoms with Crippen molar-refractivity contribution in [3.63, 3.8) is 0 Å². The van der Waals surface area contributed by atoms with Crippen molar-refractivity contribution in [1.82, 2.24) is 10.2 Å². The van der Waals surface area contributed by atoms with Crippen LogP contribution in [0.15, 0.2) is 4.34 Å². The lowest BCUT2D eigenvalue weighted by Crippen LogP contribution is -2.00. The molecule has 0 saturated carbocycles. The highest BCUT2D eigenvalue weighted by Crippen LogP contribution is 2.20. The summed E-state index contributed by atoms with van der Waals surface area (Å²) in [7, 11) is 0. The predicted octanol–water partition coefficient (Wildman–Crippen LogP) is 0.897. The minimum atomic E-state index is 0.698. The van der Waals surface area contributed by atoms with Gasteiger partial charge < -0.3 is 5.73 Å². The number of nitrogens with zero attached hydrogens (tertiary/aromatic N) is 2. The van der Waals surface area contributed by atoms with Gasteiger partial charge in [0.1, 0.15) is 5.01 Å². The normalized spacial score (nSPS) is 10.2. The zero-order valence-corrected chi connectivity index (χ0v) is 7.34. The van der Waals surface area contributed by atoms with Crippen LogP contribution in [0.2, 0.25) is 0 Å². The molecule has 0 saturated heterocycles. The Kier molecular flexibility index (Phi) is 3.11. The van der Waals surface area contributed by atoms with E-state index >= 15 is 0 Å². The monoisotopic (exact) mass is 175 g/mol. The molecule has 0 radical (unpaired) electrons. The number of hydrogen-bond acceptors (Lipinski definition) is 5. The Bertz CT molecular complexity index is 199. The van der Waals surface area contributed by atoms with Crippen LogP contribution in [-0.2, 0) is 0 Å². The molecule has 56 valence electrons. The second-order valence-corrected chi connectivity index (χ2v) is 4.25. The van der Waals surface area contributed by atoms with Crippen LogP contribution in [0.1, 0.15) is 5.01 Å². The molecule has 2 N–H and O–H groups in total. The van der Waals surface area contributed by atoms with E-state index in [9.17, 15) is 0 Å². The first kappa shape index (κ1) is 7.97. The fourth-order valence-electron chi connectivity index (χ4n) is 0.483. The van der Waals surface area contributed by atoms with E-state index in [4.69, 9.17) is 5.73 Å². The minimum absolute atomic E-state index is 0.698. The van der Waals surface area contributed by atoms with Gasteiger partial charge in [-0.15, -0.1) is 10.2 Å². The Morgan fingerprint density at radius 1 is 1.60 bits per heavy atom. The van der Waals surface area contributed by atoms with Gasteiger partial charge in [-0.1, -0.05) is 23.1 Å². The second-order valence-electron chi connectivity index (χ2n) is 1.72. The van der Waals surface area contributed by atoms with Gasteiger partial charge in [0, 0.05) is 12.3 Å². The Morgan fingerprint density at radius 3 is 2.90 bits per heavy atom. The number of aryl methyl sites for hydroxylation is 1. The number of aromatic nitrogens is 2. The largest absolute Gasteiger partial charge is 0.330 e. The van der Waals surface area contributed by atoms with Gasteiger partial charge in [-0.3, -0.25) is 0 Å². The van der Waals surface area contributed by atoms with Crippen LogP contribution < -0.4 is 5.73 Å². The molecular weight excluding hydrogens is 166 g/mol. The molecule has 0 spiro atoms. The van der Waals surface area contributed by atoms with Crippen LogP contribution in [-0.4, -0.2) is 22.5 Å². The Labute approximate surface area is 68.0 Å². The van der Waals surface area contributed by atoms with E-state index in [2.05, 4.69) is 10.2 Å². The lowest BCUT2D eigenvalue weighted by molar-refractivity contribution is 0.982. The van der Waals surface area contributed by atoms with E-state index < -0.39 is 0 Å². The van der Waals surface area contributed by atoms with Gasteiger partial charge in [0.05, 0.1) is 0 Å². The van der Waals surface area contributed by atoms with Crippen molar-refractivity contribution in [3.05, 3.63) is 5.01 Å². The molecule has 0 aromatic carbocycles. The average molecular weight is 175 g/mol. The van der Waals surface area contributed by atoms with Crippen molar-refractivity contribution in [1.29, 1.82) is 0 Å². The van der Waals surface area contributed by atoms with Gasteiger partial charge in [-0.05, 0) is 6.92 Å². The van der Waals surface area contributed by atoms with Gasteiger partial charge in [-0.2, -0.15) is 0 Å². The molecule has 0 amide bonds. The quantitative estimate of drug-likeness (QED) is 0.693. The molecule has 1 aromatic rings. The summed E-state index contributed by atoms with van der Waals surface area (Å²) in [5.74, 6) is 0.925. The van der Waals surface area contributed by atoms with Gasteiger partial charge in [-0.25, -0.2) is 0 Å². The number of hydrogen-bond donors (Lipinski definition) is 1. The highest BCUT2D eigenvalue weighted by molar-refractivity contribution is 8.01. The Morgan fingerprint density at radius 2 is 2.40 bits per heavy atom. The molecule has 1 aromatic heterocycles. The molecule has 0 fully saturated rings. The third kappa shape index (κ3) is 2.24. The molecule has 0 unspecified atom stereocenters. The first-order valence-corrected chi connectivity index (χ1v) is 4.76. The summed E-state index contributed by atoms with van der Waals surface area (Å²) in [4.78, 5) is 0. The second kappa shape index (κ2) is 3.90. The summed E-state index contributed by atoms with van der Waals surface area (Å²) >= 11 is 3.27. The summed E-state index contributed by atoms with van der Waals surface area (Å²) in [5, 5.41) is 8.82. The summed E-state index contributed by atoms with van der Waals surface area (Å²) in [6, 6.07) is 0. The fraction of sp³-hybridized carbons (Fsp3) is 0.600. The SMILES string of the molecule is Cc1nnc(SCCN)s1. The van der Waals surface area contributed by atoms with Crippen molar-refractivity contribution >= 4 is 23.1 Å². The van der Waals surface area contributed by atoms with Crippen molar-refractivity contribution < 1.29 is 0 Å². The van der Waals surface area contributed by atoms with E-state index in [1.54, 1.807) is 23.1 Å². The molecule has 0 atom stereocenters. The fourth-order valence-corrected chi connectivity index (χ4v) is 2.14. The molecule has 0 aliphatic carbocycles. The van der Waals surface area contributed by atoms with Gasteiger partial charge in [0.25, 0.3) is 0 Å². The molecule has 3 nitrogen and oxygen atoms in total. The summed E-state index contributed by atoms with van der Waals surface area (Å²) < 4.78 is 1.02. The van der Waals surface area contributed by atoms with Crippen LogP contribution >= 0.6 is 23.1 Å². The van der Waals surface area contributed by atoms with Crippen LogP contribution in [0.25, 0.3) is 0 Å². The van der Waals surface area contributed by atoms with E-state index in [0.717, 1.165) is 15.1 Å². The maximum atomic E-state index is 5.32. The summed E-state index contributed by atoms with van der Waals surface area (Å²) in [5.41, 5.74) is 5.32. The van der Waals surface area contributed by atoms with Crippen LogP contribution in [0.4, 0.5) is 0 Å². The van der Waals surface area contributed by atoms with Crippen molar-refractivity contribution in [2.75, 3.05) is 12.3 Å². The highest BCUT2D eigenvalue weighted by atomic mass is 32.2. The third-order valence-electron chi connectivity index (χ3n) is 0.851. The Balaban J connectivity index is 2.42. The molecular formula is C5H9N3S2. The molecule has 0 aliphatic heterocycles. The number of thioether (sulfide) groups is 1. The van der Waals surface area contributed by atoms with Crippen LogP contribution in [0.5, 0.6) is 0 Å². The van der Waals surface area contributed by atoms with E-state index in [1.165, 1.54) is 0 Å². The van der Waals surface area contributed by atoms with Crippen molar-refractivity contribution in [3.8, 4) is 0 Å². The number of nitrogens with two attached hydrogens (primary N) is 1. The van der Waals surface area contributed by atoms with Gasteiger partial charge in [0.2, 0.25) is 0 Å². The predicted molar refractivity (Wildman–Crippen MR) is 44.4 cm³/mol. The molecule has 5 heteroatoms. The molecule has 1 heterocycles.